The van der Waals surface area contributed by atoms with Crippen molar-refractivity contribution >= 4 is 27.0 Å². The Hall–Kier alpha value is -1.61. The van der Waals surface area contributed by atoms with Crippen LogP contribution in [0.2, 0.25) is 0 Å². The number of imidazole rings is 1. The van der Waals surface area contributed by atoms with Crippen LogP contribution in [0.3, 0.4) is 0 Å². The Morgan fingerprint density at radius 2 is 1.85 bits per heavy atom. The van der Waals surface area contributed by atoms with Crippen molar-refractivity contribution < 1.29 is 0 Å². The molecule has 3 heteroatoms. The molecule has 0 radical (unpaired) electrons. The Morgan fingerprint density at radius 3 is 2.55 bits per heavy atom. The van der Waals surface area contributed by atoms with Gasteiger partial charge in [-0.05, 0) is 41.3 Å². The molecule has 1 aromatic heterocycles. The summed E-state index contributed by atoms with van der Waals surface area (Å²) in [6, 6.07) is 14.8. The molecule has 2 aromatic carbocycles. The molecule has 20 heavy (non-hydrogen) atoms. The fraction of sp³-hybridized carbons (Fsp3) is 0.235. The molecule has 0 aliphatic heterocycles. The predicted octanol–water partition coefficient (Wildman–Crippen LogP) is 5.09. The smallest absolute Gasteiger partial charge is 0.100 e. The van der Waals surface area contributed by atoms with Gasteiger partial charge in [-0.1, -0.05) is 48.8 Å². The normalized spacial score (nSPS) is 12.0. The van der Waals surface area contributed by atoms with Gasteiger partial charge in [0.2, 0.25) is 0 Å². The summed E-state index contributed by atoms with van der Waals surface area (Å²) in [4.78, 5) is 4.55. The van der Waals surface area contributed by atoms with Crippen LogP contribution in [-0.2, 0) is 5.41 Å². The molecule has 0 atom stereocenters. The summed E-state index contributed by atoms with van der Waals surface area (Å²) >= 11 is 3.52. The van der Waals surface area contributed by atoms with Crippen LogP contribution in [0.25, 0.3) is 16.7 Å². The number of hydrogen-bond acceptors (Lipinski definition) is 1. The molecule has 0 aliphatic rings. The van der Waals surface area contributed by atoms with Gasteiger partial charge in [-0.15, -0.1) is 0 Å². The molecule has 102 valence electrons. The molecule has 0 amide bonds. The summed E-state index contributed by atoms with van der Waals surface area (Å²) in [5, 5.41) is 0. The third kappa shape index (κ3) is 2.38. The Balaban J connectivity index is 2.15. The molecule has 0 spiro atoms. The van der Waals surface area contributed by atoms with Crippen molar-refractivity contribution in [2.45, 2.75) is 26.2 Å². The molecule has 3 aromatic rings. The van der Waals surface area contributed by atoms with Crippen molar-refractivity contribution in [3.63, 3.8) is 0 Å². The predicted molar refractivity (Wildman–Crippen MR) is 87.5 cm³/mol. The highest BCUT2D eigenvalue weighted by atomic mass is 79.9. The van der Waals surface area contributed by atoms with Crippen LogP contribution in [0.15, 0.2) is 53.3 Å². The largest absolute Gasteiger partial charge is 0.299 e. The Morgan fingerprint density at radius 1 is 1.05 bits per heavy atom. The summed E-state index contributed by atoms with van der Waals surface area (Å²) < 4.78 is 3.19. The van der Waals surface area contributed by atoms with Crippen LogP contribution >= 0.6 is 15.9 Å². The van der Waals surface area contributed by atoms with E-state index in [1.54, 1.807) is 0 Å². The molecule has 0 bridgehead atoms. The number of hydrogen-bond donors (Lipinski definition) is 0. The van der Waals surface area contributed by atoms with Crippen molar-refractivity contribution in [2.75, 3.05) is 0 Å². The van der Waals surface area contributed by atoms with Gasteiger partial charge in [0.15, 0.2) is 0 Å². The molecule has 1 heterocycles. The van der Waals surface area contributed by atoms with Crippen LogP contribution < -0.4 is 0 Å². The lowest BCUT2D eigenvalue weighted by atomic mass is 9.87. The van der Waals surface area contributed by atoms with Crippen LogP contribution in [0, 0.1) is 0 Å². The highest BCUT2D eigenvalue weighted by Gasteiger charge is 2.15. The third-order valence-corrected chi connectivity index (χ3v) is 3.99. The summed E-state index contributed by atoms with van der Waals surface area (Å²) in [6.07, 6.45) is 1.89. The molecule has 0 saturated heterocycles. The van der Waals surface area contributed by atoms with E-state index in [0.717, 1.165) is 21.2 Å². The zero-order valence-corrected chi connectivity index (χ0v) is 13.5. The van der Waals surface area contributed by atoms with Crippen molar-refractivity contribution in [1.82, 2.24) is 9.55 Å². The Bertz CT molecular complexity index is 766. The van der Waals surface area contributed by atoms with Gasteiger partial charge in [-0.3, -0.25) is 4.57 Å². The van der Waals surface area contributed by atoms with Gasteiger partial charge in [-0.25, -0.2) is 4.98 Å². The summed E-state index contributed by atoms with van der Waals surface area (Å²) in [5.41, 5.74) is 4.75. The van der Waals surface area contributed by atoms with Crippen molar-refractivity contribution in [1.29, 1.82) is 0 Å². The molecular formula is C17H17BrN2. The van der Waals surface area contributed by atoms with Gasteiger partial charge in [0, 0.05) is 10.2 Å². The zero-order chi connectivity index (χ0) is 14.3. The maximum Gasteiger partial charge on any atom is 0.100 e. The quantitative estimate of drug-likeness (QED) is 0.608. The van der Waals surface area contributed by atoms with Crippen LogP contribution in [-0.4, -0.2) is 9.55 Å². The molecule has 2 nitrogen and oxygen atoms in total. The Kier molecular flexibility index (Phi) is 3.17. The second-order valence-electron chi connectivity index (χ2n) is 6.05. The molecular weight excluding hydrogens is 312 g/mol. The fourth-order valence-corrected chi connectivity index (χ4v) is 2.70. The van der Waals surface area contributed by atoms with E-state index in [2.05, 4.69) is 76.6 Å². The van der Waals surface area contributed by atoms with E-state index in [9.17, 15) is 0 Å². The van der Waals surface area contributed by atoms with Gasteiger partial charge < -0.3 is 0 Å². The first-order valence-corrected chi connectivity index (χ1v) is 7.48. The zero-order valence-electron chi connectivity index (χ0n) is 11.9. The van der Waals surface area contributed by atoms with E-state index in [-0.39, 0.29) is 5.41 Å². The maximum absolute atomic E-state index is 4.55. The van der Waals surface area contributed by atoms with Crippen LogP contribution in [0.5, 0.6) is 0 Å². The van der Waals surface area contributed by atoms with E-state index in [0.29, 0.717) is 0 Å². The number of rotatable bonds is 1. The molecule has 0 saturated carbocycles. The lowest BCUT2D eigenvalue weighted by Crippen LogP contribution is -2.10. The Labute approximate surface area is 127 Å². The lowest BCUT2D eigenvalue weighted by molar-refractivity contribution is 0.591. The van der Waals surface area contributed by atoms with E-state index in [1.165, 1.54) is 5.56 Å². The van der Waals surface area contributed by atoms with Gasteiger partial charge >= 0.3 is 0 Å². The fourth-order valence-electron chi connectivity index (χ4n) is 2.31. The summed E-state index contributed by atoms with van der Waals surface area (Å²) in [6.45, 7) is 6.67. The molecule has 0 unspecified atom stereocenters. The second kappa shape index (κ2) is 4.74. The first kappa shape index (κ1) is 13.4. The van der Waals surface area contributed by atoms with Crippen molar-refractivity contribution in [3.05, 3.63) is 58.8 Å². The minimum atomic E-state index is 0.147. The van der Waals surface area contributed by atoms with Gasteiger partial charge in [0.05, 0.1) is 11.0 Å². The molecule has 0 fully saturated rings. The van der Waals surface area contributed by atoms with Crippen LogP contribution in [0.1, 0.15) is 26.3 Å². The average Bonchev–Trinajstić information content (AvgIpc) is 2.80. The number of aromatic nitrogens is 2. The van der Waals surface area contributed by atoms with Gasteiger partial charge in [-0.2, -0.15) is 0 Å². The SMILES string of the molecule is CC(C)(C)c1ccc2c(c1)ncn2-c1cccc(Br)c1. The first-order valence-electron chi connectivity index (χ1n) is 6.69. The van der Waals surface area contributed by atoms with E-state index in [4.69, 9.17) is 0 Å². The maximum atomic E-state index is 4.55. The van der Waals surface area contributed by atoms with E-state index >= 15 is 0 Å². The summed E-state index contributed by atoms with van der Waals surface area (Å²) in [5.74, 6) is 0. The highest BCUT2D eigenvalue weighted by Crippen LogP contribution is 2.27. The number of benzene rings is 2. The number of fused-ring (bicyclic) bond motifs is 1. The number of halogens is 1. The van der Waals surface area contributed by atoms with Crippen molar-refractivity contribution in [2.24, 2.45) is 0 Å². The minimum Gasteiger partial charge on any atom is -0.299 e. The topological polar surface area (TPSA) is 17.8 Å². The molecule has 0 aliphatic carbocycles. The molecule has 3 rings (SSSR count). The third-order valence-electron chi connectivity index (χ3n) is 3.50. The second-order valence-corrected chi connectivity index (χ2v) is 6.96. The minimum absolute atomic E-state index is 0.147. The standard InChI is InChI=1S/C17H17BrN2/c1-17(2,3)12-7-8-16-15(9-12)19-11-20(16)14-6-4-5-13(18)10-14/h4-11H,1-3H3. The lowest BCUT2D eigenvalue weighted by Gasteiger charge is -2.18. The summed E-state index contributed by atoms with van der Waals surface area (Å²) in [7, 11) is 0. The van der Waals surface area contributed by atoms with E-state index < -0.39 is 0 Å². The van der Waals surface area contributed by atoms with Gasteiger partial charge in [0.25, 0.3) is 0 Å². The molecule has 0 N–H and O–H groups in total. The van der Waals surface area contributed by atoms with Gasteiger partial charge in [0.1, 0.15) is 6.33 Å². The van der Waals surface area contributed by atoms with Crippen LogP contribution in [0.4, 0.5) is 0 Å². The number of nitrogens with zero attached hydrogens (tertiary/aromatic N) is 2. The highest BCUT2D eigenvalue weighted by molar-refractivity contribution is 9.10. The van der Waals surface area contributed by atoms with Crippen molar-refractivity contribution in [3.8, 4) is 5.69 Å². The van der Waals surface area contributed by atoms with E-state index in [1.807, 2.05) is 18.5 Å². The average molecular weight is 329 g/mol. The first-order chi connectivity index (χ1) is 9.45. The monoisotopic (exact) mass is 328 g/mol.